The fraction of sp³-hybridized carbons (Fsp3) is 0.375. The van der Waals surface area contributed by atoms with E-state index in [-0.39, 0.29) is 0 Å². The fourth-order valence-corrected chi connectivity index (χ4v) is 1.24. The van der Waals surface area contributed by atoms with Crippen LogP contribution >= 0.6 is 0 Å². The average Bonchev–Trinajstić information content (AvgIpc) is 2.77. The first-order chi connectivity index (χ1) is 6.77. The van der Waals surface area contributed by atoms with Crippen LogP contribution in [0.1, 0.15) is 17.5 Å². The molecule has 2 aromatic rings. The molecule has 74 valence electrons. The van der Waals surface area contributed by atoms with E-state index in [0.29, 0.717) is 6.42 Å². The Labute approximate surface area is 80.6 Å². The summed E-state index contributed by atoms with van der Waals surface area (Å²) in [5.74, 6) is 0.749. The van der Waals surface area contributed by atoms with Crippen LogP contribution in [0.15, 0.2) is 18.7 Å². The van der Waals surface area contributed by atoms with Gasteiger partial charge in [-0.2, -0.15) is 10.2 Å². The molecule has 14 heavy (non-hydrogen) atoms. The second-order valence-corrected chi connectivity index (χ2v) is 3.05. The van der Waals surface area contributed by atoms with Crippen LogP contribution in [-0.4, -0.2) is 30.1 Å². The normalized spacial score (nSPS) is 13.0. The summed E-state index contributed by atoms with van der Waals surface area (Å²) in [6.07, 6.45) is 4.59. The minimum Gasteiger partial charge on any atom is -0.388 e. The number of H-pyrrole nitrogens is 1. The zero-order valence-electron chi connectivity index (χ0n) is 7.75. The number of rotatable bonds is 3. The molecule has 2 N–H and O–H groups in total. The largest absolute Gasteiger partial charge is 0.388 e. The fourth-order valence-electron chi connectivity index (χ4n) is 1.24. The van der Waals surface area contributed by atoms with Crippen LogP contribution in [0.4, 0.5) is 0 Å². The Morgan fingerprint density at radius 1 is 1.64 bits per heavy atom. The Morgan fingerprint density at radius 3 is 3.07 bits per heavy atom. The highest BCUT2D eigenvalue weighted by Crippen LogP contribution is 2.14. The molecule has 0 aliphatic carbocycles. The third-order valence-corrected chi connectivity index (χ3v) is 2.09. The Balaban J connectivity index is 2.09. The minimum absolute atomic E-state index is 0.441. The van der Waals surface area contributed by atoms with Crippen LogP contribution in [0.25, 0.3) is 0 Å². The second-order valence-electron chi connectivity index (χ2n) is 3.05. The van der Waals surface area contributed by atoms with Crippen molar-refractivity contribution in [3.63, 3.8) is 0 Å². The van der Waals surface area contributed by atoms with E-state index in [0.717, 1.165) is 11.4 Å². The topological polar surface area (TPSA) is 79.6 Å². The molecule has 0 saturated carbocycles. The van der Waals surface area contributed by atoms with E-state index in [1.165, 1.54) is 6.33 Å². The molecule has 2 heterocycles. The molecule has 0 amide bonds. The van der Waals surface area contributed by atoms with E-state index in [1.54, 1.807) is 24.1 Å². The van der Waals surface area contributed by atoms with Gasteiger partial charge in [0.2, 0.25) is 0 Å². The van der Waals surface area contributed by atoms with Gasteiger partial charge in [-0.3, -0.25) is 9.78 Å². The number of aliphatic hydroxyl groups is 1. The van der Waals surface area contributed by atoms with Gasteiger partial charge in [0.15, 0.2) is 0 Å². The number of hydrogen-bond acceptors (Lipinski definition) is 4. The summed E-state index contributed by atoms with van der Waals surface area (Å²) in [5.41, 5.74) is 0.757. The van der Waals surface area contributed by atoms with Gasteiger partial charge in [0.25, 0.3) is 0 Å². The summed E-state index contributed by atoms with van der Waals surface area (Å²) in [7, 11) is 1.80. The number of aromatic amines is 1. The zero-order valence-corrected chi connectivity index (χ0v) is 7.75. The lowest BCUT2D eigenvalue weighted by atomic mass is 10.1. The lowest BCUT2D eigenvalue weighted by Crippen LogP contribution is -2.06. The van der Waals surface area contributed by atoms with Gasteiger partial charge >= 0.3 is 0 Å². The van der Waals surface area contributed by atoms with Crippen molar-refractivity contribution in [3.8, 4) is 0 Å². The SMILES string of the molecule is Cn1ncnc1CC(O)c1cn[nH]c1. The van der Waals surface area contributed by atoms with Crippen LogP contribution < -0.4 is 0 Å². The molecule has 0 aliphatic heterocycles. The van der Waals surface area contributed by atoms with Crippen molar-refractivity contribution in [2.75, 3.05) is 0 Å². The first-order valence-corrected chi connectivity index (χ1v) is 4.27. The molecule has 0 fully saturated rings. The molecule has 1 unspecified atom stereocenters. The van der Waals surface area contributed by atoms with Gasteiger partial charge in [-0.15, -0.1) is 0 Å². The van der Waals surface area contributed by atoms with Crippen molar-refractivity contribution in [1.82, 2.24) is 25.0 Å². The van der Waals surface area contributed by atoms with Crippen molar-refractivity contribution in [2.24, 2.45) is 7.05 Å². The number of aromatic nitrogens is 5. The predicted octanol–water partition coefficient (Wildman–Crippen LogP) is -0.186. The quantitative estimate of drug-likeness (QED) is 0.708. The highest BCUT2D eigenvalue weighted by atomic mass is 16.3. The molecule has 0 radical (unpaired) electrons. The zero-order chi connectivity index (χ0) is 9.97. The Bertz CT molecular complexity index is 394. The number of hydrogen-bond donors (Lipinski definition) is 2. The van der Waals surface area contributed by atoms with E-state index >= 15 is 0 Å². The van der Waals surface area contributed by atoms with Crippen LogP contribution in [0, 0.1) is 0 Å². The third kappa shape index (κ3) is 1.64. The van der Waals surface area contributed by atoms with E-state index < -0.39 is 6.10 Å². The number of nitrogens with zero attached hydrogens (tertiary/aromatic N) is 4. The van der Waals surface area contributed by atoms with Gasteiger partial charge in [0.05, 0.1) is 12.3 Å². The molecule has 6 heteroatoms. The minimum atomic E-state index is -0.586. The van der Waals surface area contributed by atoms with Crippen molar-refractivity contribution in [2.45, 2.75) is 12.5 Å². The van der Waals surface area contributed by atoms with E-state index in [4.69, 9.17) is 0 Å². The monoisotopic (exact) mass is 193 g/mol. The molecular formula is C8H11N5O. The third-order valence-electron chi connectivity index (χ3n) is 2.09. The number of nitrogens with one attached hydrogen (secondary N) is 1. The Morgan fingerprint density at radius 2 is 2.50 bits per heavy atom. The maximum atomic E-state index is 9.76. The highest BCUT2D eigenvalue weighted by Gasteiger charge is 2.12. The summed E-state index contributed by atoms with van der Waals surface area (Å²) < 4.78 is 1.64. The smallest absolute Gasteiger partial charge is 0.138 e. The maximum Gasteiger partial charge on any atom is 0.138 e. The van der Waals surface area contributed by atoms with Crippen LogP contribution in [-0.2, 0) is 13.5 Å². The first kappa shape index (κ1) is 8.89. The van der Waals surface area contributed by atoms with Crippen molar-refractivity contribution < 1.29 is 5.11 Å². The second kappa shape index (κ2) is 3.59. The van der Waals surface area contributed by atoms with Gasteiger partial charge in [-0.25, -0.2) is 4.98 Å². The van der Waals surface area contributed by atoms with Gasteiger partial charge in [-0.05, 0) is 0 Å². The van der Waals surface area contributed by atoms with Gasteiger partial charge in [-0.1, -0.05) is 0 Å². The average molecular weight is 193 g/mol. The van der Waals surface area contributed by atoms with E-state index in [2.05, 4.69) is 20.3 Å². The summed E-state index contributed by atoms with van der Waals surface area (Å²) in [6, 6.07) is 0. The van der Waals surface area contributed by atoms with Crippen molar-refractivity contribution in [1.29, 1.82) is 0 Å². The van der Waals surface area contributed by atoms with Crippen LogP contribution in [0.2, 0.25) is 0 Å². The molecule has 0 saturated heterocycles. The van der Waals surface area contributed by atoms with E-state index in [1.807, 2.05) is 0 Å². The van der Waals surface area contributed by atoms with E-state index in [9.17, 15) is 5.11 Å². The summed E-state index contributed by atoms with van der Waals surface area (Å²) in [4.78, 5) is 4.03. The van der Waals surface area contributed by atoms with Gasteiger partial charge < -0.3 is 5.11 Å². The maximum absolute atomic E-state index is 9.76. The molecule has 0 spiro atoms. The summed E-state index contributed by atoms with van der Waals surface area (Å²) >= 11 is 0. The number of aryl methyl sites for hydroxylation is 1. The molecule has 0 aromatic carbocycles. The van der Waals surface area contributed by atoms with Crippen LogP contribution in [0.3, 0.4) is 0 Å². The molecule has 6 nitrogen and oxygen atoms in total. The van der Waals surface area contributed by atoms with Crippen molar-refractivity contribution in [3.05, 3.63) is 30.1 Å². The molecular weight excluding hydrogens is 182 g/mol. The van der Waals surface area contributed by atoms with Gasteiger partial charge in [0, 0.05) is 25.2 Å². The molecule has 2 aromatic heterocycles. The lowest BCUT2D eigenvalue weighted by Gasteiger charge is -2.06. The molecule has 2 rings (SSSR count). The molecule has 0 bridgehead atoms. The predicted molar refractivity (Wildman–Crippen MR) is 48.3 cm³/mol. The standard InChI is InChI=1S/C8H11N5O/c1-13-8(9-5-12-13)2-7(14)6-3-10-11-4-6/h3-5,7,14H,2H2,1H3,(H,10,11). The lowest BCUT2D eigenvalue weighted by molar-refractivity contribution is 0.174. The Hall–Kier alpha value is -1.69. The summed E-state index contributed by atoms with van der Waals surface area (Å²) in [5, 5.41) is 20.1. The molecule has 1 atom stereocenters. The van der Waals surface area contributed by atoms with Gasteiger partial charge in [0.1, 0.15) is 12.2 Å². The first-order valence-electron chi connectivity index (χ1n) is 4.27. The number of aliphatic hydroxyl groups excluding tert-OH is 1. The highest BCUT2D eigenvalue weighted by molar-refractivity contribution is 5.08. The Kier molecular flexibility index (Phi) is 2.28. The van der Waals surface area contributed by atoms with Crippen molar-refractivity contribution >= 4 is 0 Å². The van der Waals surface area contributed by atoms with Crippen LogP contribution in [0.5, 0.6) is 0 Å². The summed E-state index contributed by atoms with van der Waals surface area (Å²) in [6.45, 7) is 0. The molecule has 0 aliphatic rings.